The maximum absolute atomic E-state index is 13.4. The first-order valence-electron chi connectivity index (χ1n) is 8.67. The number of piperidine rings is 1. The van der Waals surface area contributed by atoms with Crippen molar-refractivity contribution in [1.29, 1.82) is 0 Å². The van der Waals surface area contributed by atoms with E-state index in [1.165, 1.54) is 18.2 Å². The molecule has 0 spiro atoms. The summed E-state index contributed by atoms with van der Waals surface area (Å²) in [5.74, 6) is -0.417. The van der Waals surface area contributed by atoms with Gasteiger partial charge in [-0.05, 0) is 44.0 Å². The van der Waals surface area contributed by atoms with Crippen LogP contribution >= 0.6 is 0 Å². The van der Waals surface area contributed by atoms with E-state index in [0.717, 1.165) is 32.4 Å². The first-order valence-corrected chi connectivity index (χ1v) is 8.67. The van der Waals surface area contributed by atoms with Gasteiger partial charge in [-0.1, -0.05) is 6.92 Å². The van der Waals surface area contributed by atoms with E-state index < -0.39 is 5.82 Å². The minimum atomic E-state index is -0.404. The molecule has 1 amide bonds. The molecule has 1 aromatic heterocycles. The second-order valence-corrected chi connectivity index (χ2v) is 6.12. The highest BCUT2D eigenvalue weighted by atomic mass is 19.1. The molecule has 1 fully saturated rings. The summed E-state index contributed by atoms with van der Waals surface area (Å²) < 4.78 is 20.8. The third kappa shape index (κ3) is 4.36. The number of hydrogen-bond donors (Lipinski definition) is 2. The quantitative estimate of drug-likeness (QED) is 0.844. The standard InChI is InChI=1S/C18H23FN4O2/c1-2-10-25-17-11-13(19)5-6-15(17)21-18(24)16-7-9-23(22-16)14-4-3-8-20-12-14/h5-7,9,11,14,20H,2-4,8,10,12H2,1H3,(H,21,24). The van der Waals surface area contributed by atoms with E-state index in [0.29, 0.717) is 23.7 Å². The molecule has 0 bridgehead atoms. The lowest BCUT2D eigenvalue weighted by molar-refractivity contribution is 0.102. The molecule has 0 saturated carbocycles. The molecule has 1 aromatic carbocycles. The highest BCUT2D eigenvalue weighted by Crippen LogP contribution is 2.26. The number of amides is 1. The van der Waals surface area contributed by atoms with Gasteiger partial charge in [-0.3, -0.25) is 9.48 Å². The molecular weight excluding hydrogens is 323 g/mol. The molecule has 134 valence electrons. The van der Waals surface area contributed by atoms with Crippen molar-refractivity contribution in [2.45, 2.75) is 32.2 Å². The van der Waals surface area contributed by atoms with Crippen LogP contribution in [0.5, 0.6) is 5.75 Å². The summed E-state index contributed by atoms with van der Waals surface area (Å²) in [4.78, 5) is 12.5. The van der Waals surface area contributed by atoms with Gasteiger partial charge in [-0.2, -0.15) is 5.10 Å². The molecule has 3 rings (SSSR count). The van der Waals surface area contributed by atoms with Crippen molar-refractivity contribution in [3.8, 4) is 5.75 Å². The van der Waals surface area contributed by atoms with E-state index in [4.69, 9.17) is 4.74 Å². The zero-order chi connectivity index (χ0) is 17.6. The number of nitrogens with one attached hydrogen (secondary N) is 2. The Morgan fingerprint density at radius 1 is 1.48 bits per heavy atom. The molecule has 7 heteroatoms. The SMILES string of the molecule is CCCOc1cc(F)ccc1NC(=O)c1ccn(C2CCCNC2)n1. The summed E-state index contributed by atoms with van der Waals surface area (Å²) >= 11 is 0. The van der Waals surface area contributed by atoms with Gasteiger partial charge in [-0.15, -0.1) is 0 Å². The van der Waals surface area contributed by atoms with Crippen LogP contribution < -0.4 is 15.4 Å². The van der Waals surface area contributed by atoms with Gasteiger partial charge in [0.25, 0.3) is 5.91 Å². The molecule has 2 N–H and O–H groups in total. The fourth-order valence-electron chi connectivity index (χ4n) is 2.84. The molecule has 0 aliphatic carbocycles. The Hall–Kier alpha value is -2.41. The number of halogens is 1. The first-order chi connectivity index (χ1) is 12.2. The van der Waals surface area contributed by atoms with E-state index >= 15 is 0 Å². The van der Waals surface area contributed by atoms with Crippen molar-refractivity contribution in [1.82, 2.24) is 15.1 Å². The van der Waals surface area contributed by atoms with Crippen LogP contribution in [0.1, 0.15) is 42.7 Å². The minimum Gasteiger partial charge on any atom is -0.491 e. The number of ether oxygens (including phenoxy) is 1. The summed E-state index contributed by atoms with van der Waals surface area (Å²) in [6.45, 7) is 4.30. The molecule has 1 aliphatic rings. The number of carbonyl (C=O) groups excluding carboxylic acids is 1. The fraction of sp³-hybridized carbons (Fsp3) is 0.444. The average molecular weight is 346 g/mol. The van der Waals surface area contributed by atoms with Crippen molar-refractivity contribution < 1.29 is 13.9 Å². The number of benzene rings is 1. The topological polar surface area (TPSA) is 68.2 Å². The third-order valence-corrected chi connectivity index (χ3v) is 4.14. The summed E-state index contributed by atoms with van der Waals surface area (Å²) in [6, 6.07) is 6.03. The smallest absolute Gasteiger partial charge is 0.276 e. The van der Waals surface area contributed by atoms with E-state index in [2.05, 4.69) is 15.7 Å². The number of anilines is 1. The van der Waals surface area contributed by atoms with Crippen LogP contribution in [-0.4, -0.2) is 35.4 Å². The number of aromatic nitrogens is 2. The average Bonchev–Trinajstić information content (AvgIpc) is 3.13. The van der Waals surface area contributed by atoms with E-state index in [-0.39, 0.29) is 11.9 Å². The second kappa shape index (κ2) is 8.11. The van der Waals surface area contributed by atoms with Crippen LogP contribution in [0.4, 0.5) is 10.1 Å². The fourth-order valence-corrected chi connectivity index (χ4v) is 2.84. The van der Waals surface area contributed by atoms with E-state index in [1.54, 1.807) is 6.07 Å². The van der Waals surface area contributed by atoms with Crippen LogP contribution in [0.2, 0.25) is 0 Å². The Kier molecular flexibility index (Phi) is 5.65. The number of carbonyl (C=O) groups is 1. The Bertz CT molecular complexity index is 726. The highest BCUT2D eigenvalue weighted by Gasteiger charge is 2.18. The summed E-state index contributed by atoms with van der Waals surface area (Å²) in [5, 5.41) is 10.5. The van der Waals surface area contributed by atoms with Crippen molar-refractivity contribution in [3.05, 3.63) is 42.0 Å². The first kappa shape index (κ1) is 17.4. The molecular formula is C18H23FN4O2. The van der Waals surface area contributed by atoms with Gasteiger partial charge >= 0.3 is 0 Å². The molecule has 6 nitrogen and oxygen atoms in total. The van der Waals surface area contributed by atoms with E-state index in [1.807, 2.05) is 17.8 Å². The van der Waals surface area contributed by atoms with Crippen LogP contribution in [0.25, 0.3) is 0 Å². The van der Waals surface area contributed by atoms with Crippen molar-refractivity contribution in [3.63, 3.8) is 0 Å². The summed E-state index contributed by atoms with van der Waals surface area (Å²) in [6.07, 6.45) is 4.76. The van der Waals surface area contributed by atoms with Crippen molar-refractivity contribution in [2.24, 2.45) is 0 Å². The minimum absolute atomic E-state index is 0.268. The molecule has 1 aliphatic heterocycles. The van der Waals surface area contributed by atoms with Gasteiger partial charge in [-0.25, -0.2) is 4.39 Å². The molecule has 1 saturated heterocycles. The molecule has 25 heavy (non-hydrogen) atoms. The molecule has 2 aromatic rings. The monoisotopic (exact) mass is 346 g/mol. The normalized spacial score (nSPS) is 17.3. The van der Waals surface area contributed by atoms with Gasteiger partial charge in [0.15, 0.2) is 5.69 Å². The van der Waals surface area contributed by atoms with Gasteiger partial charge in [0.2, 0.25) is 0 Å². The number of hydrogen-bond acceptors (Lipinski definition) is 4. The maximum Gasteiger partial charge on any atom is 0.276 e. The van der Waals surface area contributed by atoms with Gasteiger partial charge < -0.3 is 15.4 Å². The third-order valence-electron chi connectivity index (χ3n) is 4.14. The van der Waals surface area contributed by atoms with Gasteiger partial charge in [0, 0.05) is 18.8 Å². The summed E-state index contributed by atoms with van der Waals surface area (Å²) in [5.41, 5.74) is 0.769. The van der Waals surface area contributed by atoms with Gasteiger partial charge in [0.1, 0.15) is 11.6 Å². The molecule has 1 unspecified atom stereocenters. The van der Waals surface area contributed by atoms with Crippen LogP contribution in [-0.2, 0) is 0 Å². The Labute approximate surface area is 146 Å². The highest BCUT2D eigenvalue weighted by molar-refractivity contribution is 6.03. The molecule has 2 heterocycles. The Morgan fingerprint density at radius 3 is 3.12 bits per heavy atom. The molecule has 1 atom stereocenters. The lowest BCUT2D eigenvalue weighted by Crippen LogP contribution is -2.32. The zero-order valence-corrected chi connectivity index (χ0v) is 14.3. The van der Waals surface area contributed by atoms with Gasteiger partial charge in [0.05, 0.1) is 18.3 Å². The van der Waals surface area contributed by atoms with Crippen molar-refractivity contribution >= 4 is 11.6 Å². The lowest BCUT2D eigenvalue weighted by atomic mass is 10.1. The van der Waals surface area contributed by atoms with Crippen LogP contribution in [0.3, 0.4) is 0 Å². The number of rotatable bonds is 6. The predicted octanol–water partition coefficient (Wildman–Crippen LogP) is 2.99. The molecule has 0 radical (unpaired) electrons. The zero-order valence-electron chi connectivity index (χ0n) is 14.3. The Morgan fingerprint density at radius 2 is 2.36 bits per heavy atom. The van der Waals surface area contributed by atoms with Crippen molar-refractivity contribution in [2.75, 3.05) is 25.0 Å². The van der Waals surface area contributed by atoms with E-state index in [9.17, 15) is 9.18 Å². The lowest BCUT2D eigenvalue weighted by Gasteiger charge is -2.22. The summed E-state index contributed by atoms with van der Waals surface area (Å²) in [7, 11) is 0. The maximum atomic E-state index is 13.4. The largest absolute Gasteiger partial charge is 0.491 e. The van der Waals surface area contributed by atoms with Crippen LogP contribution in [0.15, 0.2) is 30.5 Å². The second-order valence-electron chi connectivity index (χ2n) is 6.12. The predicted molar refractivity (Wildman–Crippen MR) is 93.5 cm³/mol. The number of nitrogens with zero attached hydrogens (tertiary/aromatic N) is 2. The Balaban J connectivity index is 1.71. The van der Waals surface area contributed by atoms with Crippen LogP contribution in [0, 0.1) is 5.82 Å².